The van der Waals surface area contributed by atoms with Gasteiger partial charge in [-0.3, -0.25) is 5.14 Å². The summed E-state index contributed by atoms with van der Waals surface area (Å²) in [6, 6.07) is 1.90. The van der Waals surface area contributed by atoms with E-state index in [1.54, 1.807) is 6.20 Å². The molecule has 0 fully saturated rings. The molecule has 2 amide bonds. The molecule has 2 aromatic rings. The van der Waals surface area contributed by atoms with E-state index in [1.165, 1.54) is 22.3 Å². The van der Waals surface area contributed by atoms with E-state index < -0.39 is 10.9 Å². The van der Waals surface area contributed by atoms with E-state index in [-0.39, 0.29) is 6.03 Å². The topological polar surface area (TPSA) is 94.5 Å². The number of fused-ring (bicyclic) bond motifs is 3. The van der Waals surface area contributed by atoms with E-state index in [1.807, 2.05) is 4.68 Å². The number of anilines is 1. The molecular weight excluding hydrogens is 374 g/mol. The van der Waals surface area contributed by atoms with Crippen LogP contribution in [0.5, 0.6) is 5.88 Å². The standard InChI is InChI=1S/C20H25N5O2S/c1-2-3-12-10-25-19(27-11-12)17(9-22-25)28(21)24-20(26)23-18-15-6-4-13(15)8-14-5-7-16(14)18/h8-9,12H,2-7,10-11H2,1H3,(H3,21,23,24,26). The number of hydrogen-bond acceptors (Lipinski definition) is 3. The molecule has 1 aliphatic heterocycles. The number of rotatable bonds is 4. The van der Waals surface area contributed by atoms with Crippen molar-refractivity contribution in [2.75, 3.05) is 11.9 Å². The average Bonchev–Trinajstić information content (AvgIpc) is 3.02. The van der Waals surface area contributed by atoms with Crippen LogP contribution < -0.4 is 15.2 Å². The molecule has 0 radical (unpaired) electrons. The maximum absolute atomic E-state index is 12.6. The van der Waals surface area contributed by atoms with Gasteiger partial charge in [-0.05, 0) is 54.4 Å². The number of nitrogens with one attached hydrogen (secondary N) is 1. The molecule has 0 spiro atoms. The van der Waals surface area contributed by atoms with Crippen molar-refractivity contribution >= 4 is 22.6 Å². The highest BCUT2D eigenvalue weighted by molar-refractivity contribution is 7.85. The van der Waals surface area contributed by atoms with Crippen LogP contribution in [-0.4, -0.2) is 22.4 Å². The lowest BCUT2D eigenvalue weighted by Crippen LogP contribution is -2.26. The Hall–Kier alpha value is -2.19. The van der Waals surface area contributed by atoms with Gasteiger partial charge in [-0.1, -0.05) is 19.4 Å². The van der Waals surface area contributed by atoms with Crippen molar-refractivity contribution in [3.63, 3.8) is 0 Å². The van der Waals surface area contributed by atoms with Crippen molar-refractivity contribution in [3.8, 4) is 5.88 Å². The first-order valence-electron chi connectivity index (χ1n) is 10.0. The molecule has 148 valence electrons. The monoisotopic (exact) mass is 399 g/mol. The van der Waals surface area contributed by atoms with Crippen molar-refractivity contribution in [1.29, 1.82) is 0 Å². The molecule has 1 aromatic heterocycles. The van der Waals surface area contributed by atoms with E-state index in [2.05, 4.69) is 27.8 Å². The SMILES string of the molecule is CCCC1COc2c(S(N)=NC(=O)Nc3c4c(cc5c3CC5)CC4)cnn2C1. The minimum atomic E-state index is -1.09. The molecule has 28 heavy (non-hydrogen) atoms. The van der Waals surface area contributed by atoms with Gasteiger partial charge >= 0.3 is 6.03 Å². The summed E-state index contributed by atoms with van der Waals surface area (Å²) in [4.78, 5) is 13.3. The first-order chi connectivity index (χ1) is 13.6. The molecule has 2 aliphatic carbocycles. The molecule has 0 bridgehead atoms. The van der Waals surface area contributed by atoms with Gasteiger partial charge in [-0.25, -0.2) is 9.48 Å². The minimum Gasteiger partial charge on any atom is -0.477 e. The van der Waals surface area contributed by atoms with Crippen LogP contribution in [0.3, 0.4) is 0 Å². The van der Waals surface area contributed by atoms with E-state index in [9.17, 15) is 4.79 Å². The molecular formula is C20H25N5O2S. The van der Waals surface area contributed by atoms with Gasteiger partial charge in [0.05, 0.1) is 19.3 Å². The largest absolute Gasteiger partial charge is 0.477 e. The Morgan fingerprint density at radius 1 is 1.36 bits per heavy atom. The fraction of sp³-hybridized carbons (Fsp3) is 0.500. The third-order valence-electron chi connectivity index (χ3n) is 6.00. The van der Waals surface area contributed by atoms with Crippen molar-refractivity contribution in [1.82, 2.24) is 9.78 Å². The summed E-state index contributed by atoms with van der Waals surface area (Å²) in [5, 5.41) is 13.7. The first kappa shape index (κ1) is 17.9. The maximum atomic E-state index is 12.6. The Morgan fingerprint density at radius 3 is 2.75 bits per heavy atom. The lowest BCUT2D eigenvalue weighted by Gasteiger charge is -2.31. The highest BCUT2D eigenvalue weighted by Gasteiger charge is 2.28. The number of nitrogens with zero attached hydrogens (tertiary/aromatic N) is 3. The molecule has 1 aromatic carbocycles. The number of aryl methyl sites for hydroxylation is 2. The minimum absolute atomic E-state index is 0.389. The zero-order chi connectivity index (χ0) is 19.3. The summed E-state index contributed by atoms with van der Waals surface area (Å²) in [7, 11) is -1.09. The first-order valence-corrected chi connectivity index (χ1v) is 11.2. The number of aromatic nitrogens is 2. The Bertz CT molecular complexity index is 967. The predicted molar refractivity (Wildman–Crippen MR) is 109 cm³/mol. The number of benzene rings is 1. The van der Waals surface area contributed by atoms with Crippen molar-refractivity contribution in [3.05, 3.63) is 34.5 Å². The zero-order valence-corrected chi connectivity index (χ0v) is 16.8. The summed E-state index contributed by atoms with van der Waals surface area (Å²) in [5.41, 5.74) is 6.24. The third kappa shape index (κ3) is 2.95. The molecule has 5 rings (SSSR count). The molecule has 0 saturated heterocycles. The van der Waals surface area contributed by atoms with Gasteiger partial charge in [-0.2, -0.15) is 9.46 Å². The Labute approximate surface area is 166 Å². The number of hydrogen-bond donors (Lipinski definition) is 2. The molecule has 2 heterocycles. The van der Waals surface area contributed by atoms with E-state index in [0.717, 1.165) is 50.8 Å². The van der Waals surface area contributed by atoms with Crippen LogP contribution in [0.15, 0.2) is 21.5 Å². The van der Waals surface area contributed by atoms with Crippen molar-refractivity contribution < 1.29 is 9.53 Å². The summed E-state index contributed by atoms with van der Waals surface area (Å²) in [6.45, 7) is 3.67. The Balaban J connectivity index is 1.35. The van der Waals surface area contributed by atoms with Crippen molar-refractivity contribution in [2.45, 2.75) is 56.9 Å². The van der Waals surface area contributed by atoms with Gasteiger partial charge in [0.2, 0.25) is 5.88 Å². The van der Waals surface area contributed by atoms with Crippen LogP contribution in [0.25, 0.3) is 0 Å². The van der Waals surface area contributed by atoms with Gasteiger partial charge in [0.15, 0.2) is 0 Å². The molecule has 8 heteroatoms. The second-order valence-electron chi connectivity index (χ2n) is 7.82. The van der Waals surface area contributed by atoms with E-state index >= 15 is 0 Å². The summed E-state index contributed by atoms with van der Waals surface area (Å²) >= 11 is 0. The second-order valence-corrected chi connectivity index (χ2v) is 9.08. The number of nitrogens with two attached hydrogens (primary N) is 1. The number of ether oxygens (including phenoxy) is 1. The van der Waals surface area contributed by atoms with Gasteiger partial charge in [0, 0.05) is 22.5 Å². The smallest absolute Gasteiger partial charge is 0.352 e. The Kier molecular flexibility index (Phi) is 4.47. The number of carbonyl (C=O) groups is 1. The van der Waals surface area contributed by atoms with Gasteiger partial charge in [0.25, 0.3) is 0 Å². The summed E-state index contributed by atoms with van der Waals surface area (Å²) in [5.74, 6) is 1.13. The van der Waals surface area contributed by atoms with Crippen LogP contribution in [0.4, 0.5) is 10.5 Å². The van der Waals surface area contributed by atoms with E-state index in [0.29, 0.717) is 23.3 Å². The molecule has 2 atom stereocenters. The van der Waals surface area contributed by atoms with E-state index in [4.69, 9.17) is 9.88 Å². The third-order valence-corrected chi connectivity index (χ3v) is 7.09. The average molecular weight is 400 g/mol. The van der Waals surface area contributed by atoms with Gasteiger partial charge in [0.1, 0.15) is 4.90 Å². The zero-order valence-electron chi connectivity index (χ0n) is 16.0. The molecule has 2 unspecified atom stereocenters. The second kappa shape index (κ2) is 7.00. The normalized spacial score (nSPS) is 20.1. The van der Waals surface area contributed by atoms with Crippen LogP contribution in [-0.2, 0) is 43.1 Å². The predicted octanol–water partition coefficient (Wildman–Crippen LogP) is 3.16. The highest BCUT2D eigenvalue weighted by Crippen LogP contribution is 2.40. The molecule has 0 saturated carbocycles. The van der Waals surface area contributed by atoms with Crippen LogP contribution >= 0.6 is 0 Å². The molecule has 7 nitrogen and oxygen atoms in total. The van der Waals surface area contributed by atoms with Gasteiger partial charge in [-0.15, -0.1) is 0 Å². The number of urea groups is 1. The van der Waals surface area contributed by atoms with Gasteiger partial charge < -0.3 is 10.1 Å². The van der Waals surface area contributed by atoms with Crippen LogP contribution in [0, 0.1) is 5.92 Å². The lowest BCUT2D eigenvalue weighted by molar-refractivity contribution is 0.153. The maximum Gasteiger partial charge on any atom is 0.352 e. The molecule has 3 aliphatic rings. The lowest BCUT2D eigenvalue weighted by atomic mass is 9.76. The quantitative estimate of drug-likeness (QED) is 0.826. The fourth-order valence-electron chi connectivity index (χ4n) is 4.34. The number of carbonyl (C=O) groups excluding carboxylic acids is 1. The highest BCUT2D eigenvalue weighted by atomic mass is 32.2. The summed E-state index contributed by atoms with van der Waals surface area (Å²) < 4.78 is 11.9. The van der Waals surface area contributed by atoms with Crippen LogP contribution in [0.1, 0.15) is 42.0 Å². The van der Waals surface area contributed by atoms with Crippen molar-refractivity contribution in [2.24, 2.45) is 15.4 Å². The Morgan fingerprint density at radius 2 is 2.11 bits per heavy atom. The molecule has 3 N–H and O–H groups in total. The number of amides is 2. The fourth-order valence-corrected chi connectivity index (χ4v) is 5.16. The van der Waals surface area contributed by atoms with Crippen LogP contribution in [0.2, 0.25) is 0 Å². The summed E-state index contributed by atoms with van der Waals surface area (Å²) in [6.07, 6.45) is 8.17.